The van der Waals surface area contributed by atoms with Crippen molar-refractivity contribution >= 4 is 28.6 Å². The monoisotopic (exact) mass is 371 g/mol. The molecule has 0 saturated carbocycles. The highest BCUT2D eigenvalue weighted by atomic mass is 16.6. The molecule has 0 aliphatic heterocycles. The standard InChI is InChI=1S/C21H25NO5/c1-5-26-19(24)21(22-15(4)23,20(25)27-6-2)13-16-8-10-17-11-14(3)7-9-18(17)12-16/h7-12H,5-6,13H2,1-4H3,(H,22,23). The normalized spacial score (nSPS) is 11.1. The Hall–Kier alpha value is -2.89. The molecule has 2 rings (SSSR count). The van der Waals surface area contributed by atoms with Crippen molar-refractivity contribution in [1.82, 2.24) is 5.32 Å². The Balaban J connectivity index is 2.51. The molecule has 1 N–H and O–H groups in total. The van der Waals surface area contributed by atoms with Gasteiger partial charge in [0.15, 0.2) is 0 Å². The predicted molar refractivity (Wildman–Crippen MR) is 102 cm³/mol. The van der Waals surface area contributed by atoms with E-state index in [1.807, 2.05) is 37.3 Å². The molecule has 0 spiro atoms. The number of carbonyl (C=O) groups excluding carboxylic acids is 3. The maximum absolute atomic E-state index is 12.7. The number of carbonyl (C=O) groups is 3. The molecule has 0 radical (unpaired) electrons. The quantitative estimate of drug-likeness (QED) is 0.598. The van der Waals surface area contributed by atoms with Gasteiger partial charge in [0.2, 0.25) is 11.4 Å². The van der Waals surface area contributed by atoms with E-state index in [9.17, 15) is 14.4 Å². The lowest BCUT2D eigenvalue weighted by Gasteiger charge is -2.29. The first-order chi connectivity index (χ1) is 12.8. The molecule has 0 unspecified atom stereocenters. The van der Waals surface area contributed by atoms with Crippen LogP contribution in [0.2, 0.25) is 0 Å². The smallest absolute Gasteiger partial charge is 0.344 e. The van der Waals surface area contributed by atoms with E-state index in [1.165, 1.54) is 6.92 Å². The van der Waals surface area contributed by atoms with Gasteiger partial charge in [0, 0.05) is 13.3 Å². The van der Waals surface area contributed by atoms with E-state index >= 15 is 0 Å². The Morgan fingerprint density at radius 2 is 1.48 bits per heavy atom. The summed E-state index contributed by atoms with van der Waals surface area (Å²) in [5, 5.41) is 4.51. The first-order valence-electron chi connectivity index (χ1n) is 8.95. The number of ether oxygens (including phenoxy) is 2. The number of rotatable bonds is 7. The second-order valence-corrected chi connectivity index (χ2v) is 6.39. The van der Waals surface area contributed by atoms with Crippen molar-refractivity contribution in [1.29, 1.82) is 0 Å². The highest BCUT2D eigenvalue weighted by Gasteiger charge is 2.50. The lowest BCUT2D eigenvalue weighted by atomic mass is 9.89. The molecule has 0 bridgehead atoms. The Bertz CT molecular complexity index is 841. The van der Waals surface area contributed by atoms with Crippen molar-refractivity contribution in [2.24, 2.45) is 0 Å². The lowest BCUT2D eigenvalue weighted by molar-refractivity contribution is -0.168. The maximum atomic E-state index is 12.7. The van der Waals surface area contributed by atoms with E-state index < -0.39 is 23.4 Å². The number of amides is 1. The van der Waals surface area contributed by atoms with Crippen LogP contribution in [0.3, 0.4) is 0 Å². The first kappa shape index (κ1) is 20.4. The Kier molecular flexibility index (Phi) is 6.55. The second-order valence-electron chi connectivity index (χ2n) is 6.39. The van der Waals surface area contributed by atoms with Crippen molar-refractivity contribution in [3.05, 3.63) is 47.5 Å². The summed E-state index contributed by atoms with van der Waals surface area (Å²) in [7, 11) is 0. The van der Waals surface area contributed by atoms with Gasteiger partial charge >= 0.3 is 11.9 Å². The summed E-state index contributed by atoms with van der Waals surface area (Å²) in [5.41, 5.74) is -0.0712. The largest absolute Gasteiger partial charge is 0.464 e. The van der Waals surface area contributed by atoms with Crippen LogP contribution in [0.1, 0.15) is 31.9 Å². The minimum Gasteiger partial charge on any atom is -0.464 e. The Morgan fingerprint density at radius 3 is 2.04 bits per heavy atom. The van der Waals surface area contributed by atoms with Gasteiger partial charge in [-0.3, -0.25) is 4.79 Å². The average Bonchev–Trinajstić information content (AvgIpc) is 2.61. The minimum atomic E-state index is -1.92. The topological polar surface area (TPSA) is 81.7 Å². The van der Waals surface area contributed by atoms with Crippen LogP contribution in [0.25, 0.3) is 10.8 Å². The summed E-state index contributed by atoms with van der Waals surface area (Å²) < 4.78 is 10.2. The molecule has 2 aromatic carbocycles. The highest BCUT2D eigenvalue weighted by molar-refractivity contribution is 6.08. The maximum Gasteiger partial charge on any atom is 0.344 e. The third-order valence-electron chi connectivity index (χ3n) is 4.17. The molecule has 6 nitrogen and oxygen atoms in total. The summed E-state index contributed by atoms with van der Waals surface area (Å²) in [6.07, 6.45) is -0.0614. The number of aryl methyl sites for hydroxylation is 1. The Morgan fingerprint density at radius 1 is 0.926 bits per heavy atom. The molecule has 6 heteroatoms. The van der Waals surface area contributed by atoms with Crippen molar-refractivity contribution in [2.45, 2.75) is 39.7 Å². The number of esters is 2. The zero-order valence-corrected chi connectivity index (χ0v) is 16.1. The third kappa shape index (κ3) is 4.64. The van der Waals surface area contributed by atoms with Gasteiger partial charge < -0.3 is 14.8 Å². The van der Waals surface area contributed by atoms with Gasteiger partial charge in [0.05, 0.1) is 13.2 Å². The molecule has 0 atom stereocenters. The summed E-state index contributed by atoms with van der Waals surface area (Å²) in [4.78, 5) is 37.2. The predicted octanol–water partition coefficient (Wildman–Crippen LogP) is 2.69. The number of fused-ring (bicyclic) bond motifs is 1. The SMILES string of the molecule is CCOC(=O)C(Cc1ccc2cc(C)ccc2c1)(NC(C)=O)C(=O)OCC. The van der Waals surface area contributed by atoms with Crippen LogP contribution >= 0.6 is 0 Å². The molecular formula is C21H25NO5. The van der Waals surface area contributed by atoms with Crippen LogP contribution in [0.4, 0.5) is 0 Å². The van der Waals surface area contributed by atoms with E-state index in [2.05, 4.69) is 11.4 Å². The molecule has 27 heavy (non-hydrogen) atoms. The van der Waals surface area contributed by atoms with Gasteiger partial charge in [0.1, 0.15) is 0 Å². The molecule has 0 saturated heterocycles. The molecule has 0 aliphatic carbocycles. The zero-order chi connectivity index (χ0) is 20.0. The second kappa shape index (κ2) is 8.66. The molecular weight excluding hydrogens is 346 g/mol. The van der Waals surface area contributed by atoms with Crippen LogP contribution in [-0.4, -0.2) is 36.6 Å². The van der Waals surface area contributed by atoms with Crippen molar-refractivity contribution in [3.63, 3.8) is 0 Å². The fraction of sp³-hybridized carbons (Fsp3) is 0.381. The van der Waals surface area contributed by atoms with E-state index in [4.69, 9.17) is 9.47 Å². The minimum absolute atomic E-state index is 0.0614. The van der Waals surface area contributed by atoms with Gasteiger partial charge in [-0.2, -0.15) is 0 Å². The average molecular weight is 371 g/mol. The molecule has 1 amide bonds. The molecule has 144 valence electrons. The molecule has 0 aliphatic rings. The van der Waals surface area contributed by atoms with Crippen LogP contribution in [0, 0.1) is 6.92 Å². The molecule has 0 fully saturated rings. The van der Waals surface area contributed by atoms with Crippen LogP contribution in [-0.2, 0) is 30.3 Å². The molecule has 2 aromatic rings. The lowest BCUT2D eigenvalue weighted by Crippen LogP contribution is -2.62. The van der Waals surface area contributed by atoms with Crippen LogP contribution < -0.4 is 5.32 Å². The van der Waals surface area contributed by atoms with Crippen molar-refractivity contribution < 1.29 is 23.9 Å². The van der Waals surface area contributed by atoms with Gasteiger partial charge in [-0.15, -0.1) is 0 Å². The summed E-state index contributed by atoms with van der Waals surface area (Å²) in [5.74, 6) is -2.18. The number of nitrogens with one attached hydrogen (secondary N) is 1. The van der Waals surface area contributed by atoms with Gasteiger partial charge in [-0.25, -0.2) is 9.59 Å². The first-order valence-corrected chi connectivity index (χ1v) is 8.95. The van der Waals surface area contributed by atoms with E-state index in [0.29, 0.717) is 5.56 Å². The summed E-state index contributed by atoms with van der Waals surface area (Å²) >= 11 is 0. The number of benzene rings is 2. The van der Waals surface area contributed by atoms with Gasteiger partial charge in [-0.1, -0.05) is 42.0 Å². The highest BCUT2D eigenvalue weighted by Crippen LogP contribution is 2.23. The third-order valence-corrected chi connectivity index (χ3v) is 4.17. The number of hydrogen-bond acceptors (Lipinski definition) is 5. The molecule has 0 heterocycles. The zero-order valence-electron chi connectivity index (χ0n) is 16.1. The fourth-order valence-corrected chi connectivity index (χ4v) is 3.01. The van der Waals surface area contributed by atoms with Gasteiger partial charge in [-0.05, 0) is 37.1 Å². The van der Waals surface area contributed by atoms with E-state index in [0.717, 1.165) is 16.3 Å². The molecule has 0 aromatic heterocycles. The fourth-order valence-electron chi connectivity index (χ4n) is 3.01. The van der Waals surface area contributed by atoms with Crippen LogP contribution in [0.15, 0.2) is 36.4 Å². The number of hydrogen-bond donors (Lipinski definition) is 1. The van der Waals surface area contributed by atoms with E-state index in [-0.39, 0.29) is 19.6 Å². The summed E-state index contributed by atoms with van der Waals surface area (Å²) in [6, 6.07) is 11.7. The Labute approximate surface area is 158 Å². The van der Waals surface area contributed by atoms with Gasteiger partial charge in [0.25, 0.3) is 0 Å². The van der Waals surface area contributed by atoms with Crippen molar-refractivity contribution in [3.8, 4) is 0 Å². The van der Waals surface area contributed by atoms with E-state index in [1.54, 1.807) is 13.8 Å². The van der Waals surface area contributed by atoms with Crippen LogP contribution in [0.5, 0.6) is 0 Å². The summed E-state index contributed by atoms with van der Waals surface area (Å²) in [6.45, 7) is 6.69. The van der Waals surface area contributed by atoms with Crippen molar-refractivity contribution in [2.75, 3.05) is 13.2 Å².